The maximum absolute atomic E-state index is 11.9. The average molecular weight is 373 g/mol. The van der Waals surface area contributed by atoms with Gasteiger partial charge in [-0.15, -0.1) is 10.2 Å². The zero-order valence-electron chi connectivity index (χ0n) is 13.8. The molecule has 0 radical (unpaired) electrons. The zero-order valence-corrected chi connectivity index (χ0v) is 14.6. The molecule has 0 aliphatic carbocycles. The Morgan fingerprint density at radius 1 is 1.31 bits per heavy atom. The van der Waals surface area contributed by atoms with E-state index in [9.17, 15) is 4.79 Å². The van der Waals surface area contributed by atoms with Crippen molar-refractivity contribution in [3.8, 4) is 11.5 Å². The van der Waals surface area contributed by atoms with Gasteiger partial charge in [-0.2, -0.15) is 0 Å². The predicted molar refractivity (Wildman–Crippen MR) is 92.2 cm³/mol. The van der Waals surface area contributed by atoms with Crippen molar-refractivity contribution >= 4 is 23.5 Å². The number of hydrogen-bond donors (Lipinski definition) is 1. The maximum Gasteiger partial charge on any atom is 0.236 e. The number of fused-ring (bicyclic) bond motifs is 1. The quantitative estimate of drug-likeness (QED) is 0.678. The molecule has 1 aliphatic rings. The molecule has 134 valence electrons. The van der Waals surface area contributed by atoms with Crippen LogP contribution in [0, 0.1) is 0 Å². The number of hydrogen-bond acceptors (Lipinski definition) is 8. The van der Waals surface area contributed by atoms with E-state index in [2.05, 4.69) is 25.2 Å². The van der Waals surface area contributed by atoms with Crippen molar-refractivity contribution in [3.63, 3.8) is 0 Å². The summed E-state index contributed by atoms with van der Waals surface area (Å²) in [4.78, 5) is 11.9. The van der Waals surface area contributed by atoms with Crippen molar-refractivity contribution in [3.05, 3.63) is 42.4 Å². The normalized spacial score (nSPS) is 15.7. The summed E-state index contributed by atoms with van der Waals surface area (Å²) < 4.78 is 18.1. The van der Waals surface area contributed by atoms with Gasteiger partial charge in [-0.05, 0) is 12.1 Å². The summed E-state index contributed by atoms with van der Waals surface area (Å²) in [5, 5.41) is 15.2. The van der Waals surface area contributed by atoms with E-state index in [-0.39, 0.29) is 17.8 Å². The Kier molecular flexibility index (Phi) is 4.48. The molecular formula is C16H15N5O4S. The Morgan fingerprint density at radius 3 is 2.96 bits per heavy atom. The van der Waals surface area contributed by atoms with E-state index < -0.39 is 0 Å². The standard InChI is InChI=1S/C16H15N5O4S/c1-21-15(12-8-23-10-4-2-3-5-11(10)25-12)18-19-16(21)26-9-14(22)17-13-6-7-24-20-13/h2-7,12H,8-9H2,1H3,(H,17,20,22). The summed E-state index contributed by atoms with van der Waals surface area (Å²) in [6, 6.07) is 9.06. The smallest absolute Gasteiger partial charge is 0.236 e. The van der Waals surface area contributed by atoms with E-state index in [1.165, 1.54) is 18.0 Å². The third-order valence-electron chi connectivity index (χ3n) is 3.70. The third kappa shape index (κ3) is 3.36. The van der Waals surface area contributed by atoms with Gasteiger partial charge >= 0.3 is 0 Å². The first-order chi connectivity index (χ1) is 12.7. The molecule has 1 N–H and O–H groups in total. The Morgan fingerprint density at radius 2 is 2.15 bits per heavy atom. The predicted octanol–water partition coefficient (Wildman–Crippen LogP) is 2.05. The molecule has 1 aliphatic heterocycles. The fraction of sp³-hybridized carbons (Fsp3) is 0.250. The highest BCUT2D eigenvalue weighted by Gasteiger charge is 2.27. The number of carbonyl (C=O) groups is 1. The Labute approximate surface area is 152 Å². The lowest BCUT2D eigenvalue weighted by atomic mass is 10.2. The molecule has 10 heteroatoms. The minimum Gasteiger partial charge on any atom is -0.485 e. The molecule has 9 nitrogen and oxygen atoms in total. The summed E-state index contributed by atoms with van der Waals surface area (Å²) in [5.74, 6) is 2.36. The van der Waals surface area contributed by atoms with Gasteiger partial charge < -0.3 is 23.9 Å². The van der Waals surface area contributed by atoms with Gasteiger partial charge in [-0.3, -0.25) is 4.79 Å². The van der Waals surface area contributed by atoms with Crippen LogP contribution in [-0.2, 0) is 11.8 Å². The van der Waals surface area contributed by atoms with Crippen molar-refractivity contribution < 1.29 is 18.8 Å². The average Bonchev–Trinajstić information content (AvgIpc) is 3.29. The Bertz CT molecular complexity index is 911. The number of para-hydroxylation sites is 2. The highest BCUT2D eigenvalue weighted by Crippen LogP contribution is 2.35. The maximum atomic E-state index is 11.9. The number of rotatable bonds is 5. The molecule has 0 saturated heterocycles. The van der Waals surface area contributed by atoms with Crippen LogP contribution in [0.5, 0.6) is 11.5 Å². The lowest BCUT2D eigenvalue weighted by Gasteiger charge is -2.25. The van der Waals surface area contributed by atoms with E-state index in [4.69, 9.17) is 9.47 Å². The van der Waals surface area contributed by atoms with Crippen LogP contribution in [0.15, 0.2) is 46.3 Å². The zero-order chi connectivity index (χ0) is 17.9. The summed E-state index contributed by atoms with van der Waals surface area (Å²) >= 11 is 1.27. The van der Waals surface area contributed by atoms with Crippen molar-refractivity contribution in [2.45, 2.75) is 11.3 Å². The molecule has 1 unspecified atom stereocenters. The molecule has 0 spiro atoms. The highest BCUT2D eigenvalue weighted by molar-refractivity contribution is 7.99. The molecule has 3 aromatic rings. The first-order valence-electron chi connectivity index (χ1n) is 7.81. The molecule has 0 fully saturated rings. The van der Waals surface area contributed by atoms with Crippen LogP contribution in [0.1, 0.15) is 11.9 Å². The van der Waals surface area contributed by atoms with Gasteiger partial charge in [0.25, 0.3) is 0 Å². The van der Waals surface area contributed by atoms with Crippen molar-refractivity contribution in [1.82, 2.24) is 19.9 Å². The molecule has 2 aromatic heterocycles. The van der Waals surface area contributed by atoms with Gasteiger partial charge in [0.05, 0.1) is 5.75 Å². The lowest BCUT2D eigenvalue weighted by molar-refractivity contribution is -0.113. The second-order valence-corrected chi connectivity index (χ2v) is 6.43. The van der Waals surface area contributed by atoms with E-state index in [1.807, 2.05) is 31.3 Å². The Hall–Kier alpha value is -3.01. The first kappa shape index (κ1) is 16.5. The summed E-state index contributed by atoms with van der Waals surface area (Å²) in [7, 11) is 1.83. The second kappa shape index (κ2) is 7.08. The number of benzene rings is 1. The van der Waals surface area contributed by atoms with E-state index in [0.29, 0.717) is 34.9 Å². The summed E-state index contributed by atoms with van der Waals surface area (Å²) in [5.41, 5.74) is 0. The van der Waals surface area contributed by atoms with Crippen LogP contribution in [0.4, 0.5) is 5.82 Å². The van der Waals surface area contributed by atoms with Crippen molar-refractivity contribution in [1.29, 1.82) is 0 Å². The van der Waals surface area contributed by atoms with Crippen LogP contribution in [0.25, 0.3) is 0 Å². The van der Waals surface area contributed by atoms with Crippen LogP contribution in [0.2, 0.25) is 0 Å². The van der Waals surface area contributed by atoms with Crippen LogP contribution < -0.4 is 14.8 Å². The lowest BCUT2D eigenvalue weighted by Crippen LogP contribution is -2.24. The molecule has 0 bridgehead atoms. The van der Waals surface area contributed by atoms with Crippen molar-refractivity contribution in [2.75, 3.05) is 17.7 Å². The topological polar surface area (TPSA) is 104 Å². The molecule has 4 rings (SSSR count). The van der Waals surface area contributed by atoms with Gasteiger partial charge in [-0.25, -0.2) is 0 Å². The molecule has 1 aromatic carbocycles. The molecule has 0 saturated carbocycles. The SMILES string of the molecule is Cn1c(SCC(=O)Nc2ccon2)nnc1C1COc2ccccc2O1. The van der Waals surface area contributed by atoms with Crippen LogP contribution in [0.3, 0.4) is 0 Å². The largest absolute Gasteiger partial charge is 0.485 e. The number of nitrogens with zero attached hydrogens (tertiary/aromatic N) is 4. The van der Waals surface area contributed by atoms with Crippen LogP contribution in [-0.4, -0.2) is 38.2 Å². The van der Waals surface area contributed by atoms with Gasteiger partial charge in [0.1, 0.15) is 12.9 Å². The third-order valence-corrected chi connectivity index (χ3v) is 4.72. The minimum atomic E-state index is -0.360. The number of ether oxygens (including phenoxy) is 2. The highest BCUT2D eigenvalue weighted by atomic mass is 32.2. The van der Waals surface area contributed by atoms with Gasteiger partial charge in [0.2, 0.25) is 5.91 Å². The number of thioether (sulfide) groups is 1. The van der Waals surface area contributed by atoms with E-state index in [0.717, 1.165) is 0 Å². The molecule has 3 heterocycles. The van der Waals surface area contributed by atoms with E-state index >= 15 is 0 Å². The summed E-state index contributed by atoms with van der Waals surface area (Å²) in [6.07, 6.45) is 1.03. The fourth-order valence-corrected chi connectivity index (χ4v) is 3.18. The van der Waals surface area contributed by atoms with E-state index in [1.54, 1.807) is 10.6 Å². The first-order valence-corrected chi connectivity index (χ1v) is 8.80. The molecular weight excluding hydrogens is 358 g/mol. The molecule has 26 heavy (non-hydrogen) atoms. The number of aromatic nitrogens is 4. The van der Waals surface area contributed by atoms with Crippen LogP contribution >= 0.6 is 11.8 Å². The Balaban J connectivity index is 1.40. The number of anilines is 1. The molecule has 1 atom stereocenters. The van der Waals surface area contributed by atoms with Gasteiger partial charge in [-0.1, -0.05) is 29.1 Å². The number of amides is 1. The number of carbonyl (C=O) groups excluding carboxylic acids is 1. The fourth-order valence-electron chi connectivity index (χ4n) is 2.47. The number of nitrogens with one attached hydrogen (secondary N) is 1. The van der Waals surface area contributed by atoms with Gasteiger partial charge in [0.15, 0.2) is 34.4 Å². The monoisotopic (exact) mass is 373 g/mol. The summed E-state index contributed by atoms with van der Waals surface area (Å²) in [6.45, 7) is 0.348. The second-order valence-electron chi connectivity index (χ2n) is 5.49. The van der Waals surface area contributed by atoms with Gasteiger partial charge in [0, 0.05) is 13.1 Å². The molecule has 1 amide bonds. The minimum absolute atomic E-state index is 0.170. The van der Waals surface area contributed by atoms with Crippen molar-refractivity contribution in [2.24, 2.45) is 7.05 Å².